The van der Waals surface area contributed by atoms with Crippen molar-refractivity contribution in [1.29, 1.82) is 5.26 Å². The van der Waals surface area contributed by atoms with E-state index in [1.165, 1.54) is 6.20 Å². The molecule has 10 heteroatoms. The molecule has 1 unspecified atom stereocenters. The van der Waals surface area contributed by atoms with Gasteiger partial charge in [0.25, 0.3) is 5.56 Å². The molecule has 3 N–H and O–H groups in total. The maximum absolute atomic E-state index is 11.9. The zero-order valence-electron chi connectivity index (χ0n) is 13.0. The third-order valence-corrected chi connectivity index (χ3v) is 3.53. The molecule has 0 aliphatic carbocycles. The molecule has 2 heterocycles. The van der Waals surface area contributed by atoms with Crippen LogP contribution in [0, 0.1) is 11.3 Å². The molecule has 10 nitrogen and oxygen atoms in total. The van der Waals surface area contributed by atoms with Crippen LogP contribution in [0.5, 0.6) is 0 Å². The second kappa shape index (κ2) is 8.18. The van der Waals surface area contributed by atoms with E-state index in [-0.39, 0.29) is 13.0 Å². The maximum atomic E-state index is 11.9. The van der Waals surface area contributed by atoms with Gasteiger partial charge < -0.3 is 24.4 Å². The Balaban J connectivity index is 2.19. The van der Waals surface area contributed by atoms with Crippen LogP contribution in [0.2, 0.25) is 0 Å². The Morgan fingerprint density at radius 3 is 2.92 bits per heavy atom. The normalized spacial score (nSPS) is 27.8. The van der Waals surface area contributed by atoms with Gasteiger partial charge in [0.1, 0.15) is 18.3 Å². The highest BCUT2D eigenvalue weighted by molar-refractivity contribution is 4.94. The number of aromatic nitrogens is 2. The van der Waals surface area contributed by atoms with Crippen molar-refractivity contribution in [2.45, 2.75) is 44.2 Å². The fraction of sp³-hybridized carbons (Fsp3) is 0.643. The smallest absolute Gasteiger partial charge is 0.330 e. The number of rotatable bonds is 7. The van der Waals surface area contributed by atoms with Crippen molar-refractivity contribution in [2.24, 2.45) is 0 Å². The van der Waals surface area contributed by atoms with Gasteiger partial charge in [0.05, 0.1) is 25.7 Å². The minimum absolute atomic E-state index is 0.147. The van der Waals surface area contributed by atoms with Crippen molar-refractivity contribution in [3.63, 3.8) is 0 Å². The first kappa shape index (κ1) is 18.3. The van der Waals surface area contributed by atoms with Crippen LogP contribution < -0.4 is 11.2 Å². The minimum atomic E-state index is -1.21. The minimum Gasteiger partial charge on any atom is -0.394 e. The largest absolute Gasteiger partial charge is 0.394 e. The summed E-state index contributed by atoms with van der Waals surface area (Å²) in [7, 11) is 0. The summed E-state index contributed by atoms with van der Waals surface area (Å²) >= 11 is 0. The number of ether oxygens (including phenoxy) is 3. The van der Waals surface area contributed by atoms with Gasteiger partial charge in [-0.25, -0.2) is 4.79 Å². The number of H-pyrrole nitrogens is 1. The number of hydrogen-bond acceptors (Lipinski definition) is 8. The zero-order valence-corrected chi connectivity index (χ0v) is 13.0. The fourth-order valence-electron chi connectivity index (χ4n) is 2.40. The maximum Gasteiger partial charge on any atom is 0.330 e. The van der Waals surface area contributed by atoms with Crippen molar-refractivity contribution < 1.29 is 24.4 Å². The van der Waals surface area contributed by atoms with E-state index in [9.17, 15) is 19.8 Å². The van der Waals surface area contributed by atoms with E-state index in [0.29, 0.717) is 0 Å². The summed E-state index contributed by atoms with van der Waals surface area (Å²) < 4.78 is 17.4. The zero-order chi connectivity index (χ0) is 17.7. The second-order valence-corrected chi connectivity index (χ2v) is 5.20. The second-order valence-electron chi connectivity index (χ2n) is 5.20. The number of nitrogens with zero attached hydrogens (tertiary/aromatic N) is 2. The van der Waals surface area contributed by atoms with Gasteiger partial charge in [-0.05, 0) is 6.92 Å². The summed E-state index contributed by atoms with van der Waals surface area (Å²) in [5.74, 6) is 0. The molecule has 1 fully saturated rings. The first-order chi connectivity index (χ1) is 11.5. The van der Waals surface area contributed by atoms with E-state index in [1.54, 1.807) is 6.92 Å². The van der Waals surface area contributed by atoms with Gasteiger partial charge in [0, 0.05) is 12.3 Å². The lowest BCUT2D eigenvalue weighted by Crippen LogP contribution is -2.41. The van der Waals surface area contributed by atoms with E-state index < -0.39 is 48.7 Å². The van der Waals surface area contributed by atoms with Gasteiger partial charge in [-0.1, -0.05) is 0 Å². The molecule has 0 bridgehead atoms. The fourth-order valence-corrected chi connectivity index (χ4v) is 2.40. The number of hydrogen-bond donors (Lipinski definition) is 3. The van der Waals surface area contributed by atoms with E-state index in [0.717, 1.165) is 10.6 Å². The molecule has 0 radical (unpaired) electrons. The summed E-state index contributed by atoms with van der Waals surface area (Å²) in [6.45, 7) is 1.25. The monoisotopic (exact) mass is 341 g/mol. The lowest BCUT2D eigenvalue weighted by molar-refractivity contribution is -0.193. The molecule has 1 saturated heterocycles. The average Bonchev–Trinajstić information content (AvgIpc) is 2.84. The Labute approximate surface area is 136 Å². The van der Waals surface area contributed by atoms with Gasteiger partial charge >= 0.3 is 5.69 Å². The molecule has 1 aliphatic rings. The summed E-state index contributed by atoms with van der Waals surface area (Å²) in [5, 5.41) is 28.0. The van der Waals surface area contributed by atoms with Crippen LogP contribution in [0.1, 0.15) is 19.6 Å². The molecule has 24 heavy (non-hydrogen) atoms. The number of aliphatic hydroxyl groups is 2. The predicted molar refractivity (Wildman–Crippen MR) is 78.8 cm³/mol. The van der Waals surface area contributed by atoms with E-state index in [4.69, 9.17) is 19.5 Å². The molecular formula is C14H19N3O7. The van der Waals surface area contributed by atoms with Crippen LogP contribution in [-0.2, 0) is 14.2 Å². The van der Waals surface area contributed by atoms with E-state index in [2.05, 4.69) is 4.98 Å². The average molecular weight is 341 g/mol. The van der Waals surface area contributed by atoms with Crippen LogP contribution in [-0.4, -0.2) is 57.6 Å². The molecule has 0 saturated carbocycles. The molecule has 1 aromatic heterocycles. The van der Waals surface area contributed by atoms with Crippen molar-refractivity contribution in [1.82, 2.24) is 9.55 Å². The van der Waals surface area contributed by atoms with E-state index >= 15 is 0 Å². The Hall–Kier alpha value is -2.03. The van der Waals surface area contributed by atoms with Crippen LogP contribution in [0.25, 0.3) is 0 Å². The van der Waals surface area contributed by atoms with Crippen molar-refractivity contribution in [2.75, 3.05) is 13.2 Å². The Kier molecular flexibility index (Phi) is 6.24. The molecule has 2 rings (SSSR count). The van der Waals surface area contributed by atoms with E-state index in [1.807, 2.05) is 6.07 Å². The first-order valence-corrected chi connectivity index (χ1v) is 7.37. The number of nitriles is 1. The summed E-state index contributed by atoms with van der Waals surface area (Å²) in [5.41, 5.74) is -1.30. The number of nitrogens with one attached hydrogen (secondary N) is 1. The summed E-state index contributed by atoms with van der Waals surface area (Å²) in [4.78, 5) is 25.2. The third-order valence-electron chi connectivity index (χ3n) is 3.53. The molecule has 1 aromatic rings. The third kappa shape index (κ3) is 4.08. The first-order valence-electron chi connectivity index (χ1n) is 7.37. The molecule has 5 atom stereocenters. The lowest BCUT2D eigenvalue weighted by atomic mass is 10.1. The van der Waals surface area contributed by atoms with Gasteiger partial charge in [0.2, 0.25) is 0 Å². The SMILES string of the molecule is CC(OCCC#N)O[C@@H]1[C@H](O)[C@@H](CO)O[C@H]1n1ccc(=O)[nH]c1=O. The predicted octanol–water partition coefficient (Wildman–Crippen LogP) is -1.55. The molecule has 0 aromatic carbocycles. The molecule has 0 amide bonds. The van der Waals surface area contributed by atoms with Crippen LogP contribution in [0.3, 0.4) is 0 Å². The van der Waals surface area contributed by atoms with Crippen LogP contribution in [0.15, 0.2) is 21.9 Å². The highest BCUT2D eigenvalue weighted by Crippen LogP contribution is 2.31. The molecule has 0 spiro atoms. The van der Waals surface area contributed by atoms with Gasteiger partial charge in [-0.3, -0.25) is 14.3 Å². The van der Waals surface area contributed by atoms with Gasteiger partial charge in [-0.15, -0.1) is 0 Å². The Morgan fingerprint density at radius 1 is 1.54 bits per heavy atom. The quantitative estimate of drug-likeness (QED) is 0.399. The van der Waals surface area contributed by atoms with Crippen LogP contribution >= 0.6 is 0 Å². The number of aromatic amines is 1. The standard InChI is InChI=1S/C14H19N3O7/c1-8(22-6-2-4-15)23-12-11(20)9(7-18)24-13(12)17-5-3-10(19)16-14(17)21/h3,5,8-9,11-13,18,20H,2,6-7H2,1H3,(H,16,19,21)/t8?,9-,11-,12-,13-/m1/s1. The molecular weight excluding hydrogens is 322 g/mol. The number of aliphatic hydroxyl groups excluding tert-OH is 2. The van der Waals surface area contributed by atoms with Gasteiger partial charge in [0.15, 0.2) is 12.5 Å². The highest BCUT2D eigenvalue weighted by atomic mass is 16.7. The molecule has 1 aliphatic heterocycles. The van der Waals surface area contributed by atoms with Crippen molar-refractivity contribution in [3.8, 4) is 6.07 Å². The van der Waals surface area contributed by atoms with Gasteiger partial charge in [-0.2, -0.15) is 5.26 Å². The van der Waals surface area contributed by atoms with Crippen LogP contribution in [0.4, 0.5) is 0 Å². The highest BCUT2D eigenvalue weighted by Gasteiger charge is 2.46. The Bertz CT molecular complexity index is 695. The summed E-state index contributed by atoms with van der Waals surface area (Å²) in [6, 6.07) is 3.05. The topological polar surface area (TPSA) is 147 Å². The van der Waals surface area contributed by atoms with Crippen molar-refractivity contribution in [3.05, 3.63) is 33.1 Å². The van der Waals surface area contributed by atoms with Crippen molar-refractivity contribution >= 4 is 0 Å². The summed E-state index contributed by atoms with van der Waals surface area (Å²) in [6.07, 6.45) is -3.60. The Morgan fingerprint density at radius 2 is 2.29 bits per heavy atom. The molecule has 132 valence electrons. The lowest BCUT2D eigenvalue weighted by Gasteiger charge is -2.25.